The number of aliphatic carboxylic acids is 3. The number of carboxylic acid groups (broad SMARTS) is 3. The molecule has 21 N–H and O–H groups in total. The van der Waals surface area contributed by atoms with Crippen molar-refractivity contribution in [3.05, 3.63) is 54.1 Å². The third kappa shape index (κ3) is 35.1. The first kappa shape index (κ1) is 87.8. The molecule has 1 saturated heterocycles. The molecule has 0 bridgehead atoms. The maximum atomic E-state index is 14.6. The molecule has 1 aliphatic rings. The van der Waals surface area contributed by atoms with E-state index in [0.717, 1.165) is 5.56 Å². The Bertz CT molecular complexity index is 2980. The van der Waals surface area contributed by atoms with Crippen molar-refractivity contribution in [1.82, 2.24) is 72.1 Å². The summed E-state index contributed by atoms with van der Waals surface area (Å²) in [4.78, 5) is 182. The molecular weight excluding hydrogens is 1450 g/mol. The average molecular weight is 1550 g/mol. The quantitative estimate of drug-likeness (QED) is 0.0167. The second-order valence-corrected chi connectivity index (χ2v) is 24.7. The van der Waals surface area contributed by atoms with Gasteiger partial charge in [0.15, 0.2) is 11.9 Å². The fourth-order valence-electron chi connectivity index (χ4n) is 10.5. The fourth-order valence-corrected chi connectivity index (χ4v) is 10.5. The van der Waals surface area contributed by atoms with E-state index >= 15 is 0 Å². The number of rotatable bonds is 42. The summed E-state index contributed by atoms with van der Waals surface area (Å²) in [6.45, 7) is 6.67. The molecule has 3 rings (SSSR count). The Hall–Kier alpha value is -8.30. The van der Waals surface area contributed by atoms with Crippen molar-refractivity contribution in [2.45, 2.75) is 141 Å². The summed E-state index contributed by atoms with van der Waals surface area (Å²) >= 11 is 0. The van der Waals surface area contributed by atoms with Crippen molar-refractivity contribution in [3.8, 4) is 0 Å². The van der Waals surface area contributed by atoms with Gasteiger partial charge in [0.25, 0.3) is 0 Å². The number of nitrogens with one attached hydrogen (secondary N) is 9. The molecule has 1 fully saturated rings. The number of carbonyl (C=O) groups excluding carboxylic acids is 12. The molecule has 1 unspecified atom stereocenters. The molecule has 1 aromatic carbocycles. The third-order valence-electron chi connectivity index (χ3n) is 16.1. The summed E-state index contributed by atoms with van der Waals surface area (Å²) in [7, 11) is 0. The van der Waals surface area contributed by atoms with E-state index in [0.29, 0.717) is 12.1 Å². The Balaban J connectivity index is 0.0000340. The summed E-state index contributed by atoms with van der Waals surface area (Å²) < 4.78 is 0. The molecule has 558 valence electrons. The molecule has 2 aromatic rings. The van der Waals surface area contributed by atoms with Crippen molar-refractivity contribution < 1.29 is 111 Å². The topological polar surface area (TPSA) is 593 Å². The van der Waals surface area contributed by atoms with E-state index in [4.69, 9.17) is 34.4 Å². The second kappa shape index (κ2) is 46.9. The molecule has 0 saturated carbocycles. The summed E-state index contributed by atoms with van der Waals surface area (Å²) in [5.74, 6) is -12.8. The van der Waals surface area contributed by atoms with E-state index in [1.165, 1.54) is 34.1 Å². The Kier molecular flexibility index (Phi) is 41.2. The van der Waals surface area contributed by atoms with E-state index in [-0.39, 0.29) is 180 Å². The molecule has 1 aliphatic heterocycles. The first-order chi connectivity index (χ1) is 46.9. The number of H-pyrrole nitrogens is 1. The molecule has 38 heteroatoms. The number of imidazole rings is 1. The molecule has 9 atom stereocenters. The fraction of sp³-hybridized carbons (Fsp3) is 0.629. The Morgan fingerprint density at radius 3 is 1.35 bits per heavy atom. The van der Waals surface area contributed by atoms with E-state index in [1.807, 2.05) is 0 Å². The van der Waals surface area contributed by atoms with Gasteiger partial charge in [0.2, 0.25) is 53.2 Å². The van der Waals surface area contributed by atoms with Gasteiger partial charge >= 0.3 is 38.6 Å². The van der Waals surface area contributed by atoms with Crippen LogP contribution in [0.2, 0.25) is 0 Å². The van der Waals surface area contributed by atoms with Crippen molar-refractivity contribution in [2.24, 2.45) is 56.2 Å². The SMILES string of the molecule is CC[C@H](C)[C@H](NC(=O)[C@H](CC(C)C)NC(=O)[C@H](CCCN=C(N)N)NC(=O)[C@H](CCCN=C(N)N)NC(=O)C(CCN)NC(=O)[C@H](C)NC(=O)[C@H](Cc1cnc[nH]1)NC(=O)CN1CCN(CC(=O)[O-])CCN(CC(=O)[O-])CCN(CC(=O)[O-])CC1)C(=O)N[C@@H](Cc1ccccc1)C(N)=O.[Tb+3]. The van der Waals surface area contributed by atoms with Crippen molar-refractivity contribution in [1.29, 1.82) is 0 Å². The molecule has 37 nitrogen and oxygen atoms in total. The van der Waals surface area contributed by atoms with Crippen molar-refractivity contribution in [3.63, 3.8) is 0 Å². The van der Waals surface area contributed by atoms with Gasteiger partial charge in [-0.05, 0) is 69.4 Å². The zero-order valence-electron chi connectivity index (χ0n) is 57.3. The van der Waals surface area contributed by atoms with Gasteiger partial charge in [-0.3, -0.25) is 72.7 Å². The number of carbonyl (C=O) groups is 12. The number of primary amides is 1. The minimum absolute atomic E-state index is 0. The summed E-state index contributed by atoms with van der Waals surface area (Å²) in [6.07, 6.45) is 2.80. The number of hydrogen-bond acceptors (Lipinski definition) is 23. The van der Waals surface area contributed by atoms with Crippen LogP contribution in [0.3, 0.4) is 0 Å². The summed E-state index contributed by atoms with van der Waals surface area (Å²) in [5.41, 5.74) is 35.1. The van der Waals surface area contributed by atoms with Gasteiger partial charge in [-0.25, -0.2) is 4.98 Å². The number of nitrogens with two attached hydrogens (primary N) is 6. The van der Waals surface area contributed by atoms with Crippen LogP contribution in [0.25, 0.3) is 0 Å². The molecule has 100 heavy (non-hydrogen) atoms. The van der Waals surface area contributed by atoms with Crippen LogP contribution >= 0.6 is 0 Å². The van der Waals surface area contributed by atoms with Crippen LogP contribution in [0.5, 0.6) is 0 Å². The maximum absolute atomic E-state index is 14.6. The first-order valence-corrected chi connectivity index (χ1v) is 32.9. The smallest absolute Gasteiger partial charge is 0.549 e. The number of amides is 9. The predicted molar refractivity (Wildman–Crippen MR) is 356 cm³/mol. The molecule has 2 heterocycles. The van der Waals surface area contributed by atoms with E-state index in [2.05, 4.69) is 62.5 Å². The van der Waals surface area contributed by atoms with E-state index < -0.39 is 152 Å². The number of benzene rings is 1. The zero-order valence-corrected chi connectivity index (χ0v) is 59.5. The number of nitrogens with zero attached hydrogens (tertiary/aromatic N) is 7. The standard InChI is InChI=1S/C62H104N22O15.Tb/c1-6-38(4)52(60(99)78-45(53(64)92)29-40-12-8-7-9-13-40)80-59(98)46(28-37(2)3)79-56(95)43(15-11-19-71-62(67)68)76-55(94)42(14-10-18-70-61(65)66)77-57(96)44(16-17-63)75-54(93)39(5)73-58(97)47(30-41-31-69-36-72-41)74-48(85)32-81-20-22-82(33-49(86)87)24-26-84(35-51(90)91)27-25-83(23-21-81)34-50(88)89;/h7-9,12-13,31,36-39,42-47,52H,6,10-11,14-30,32-35,63H2,1-5H3,(H2,64,92)(H,69,72)(H,73,97)(H,74,85)(H,75,93)(H,76,94)(H,77,96)(H,78,99)(H,79,95)(H,80,98)(H,86,87)(H,88,89)(H,90,91)(H4,65,66,70)(H4,67,68,71);/q;+3/p-3/t38-,39-,42-,43-,44?,45-,46-,47-,52-;/m0./s1. The van der Waals surface area contributed by atoms with Crippen molar-refractivity contribution in [2.75, 3.05) is 98.2 Å². The van der Waals surface area contributed by atoms with Gasteiger partial charge in [0.1, 0.15) is 48.3 Å². The van der Waals surface area contributed by atoms with Crippen LogP contribution in [0.4, 0.5) is 0 Å². The van der Waals surface area contributed by atoms with Crippen LogP contribution in [-0.4, -0.2) is 259 Å². The first-order valence-electron chi connectivity index (χ1n) is 32.9. The Morgan fingerprint density at radius 2 is 0.940 bits per heavy atom. The molecular formula is C62H101N22O15Tb. The number of hydrogen-bond donors (Lipinski definition) is 15. The third-order valence-corrected chi connectivity index (χ3v) is 16.1. The minimum Gasteiger partial charge on any atom is -0.549 e. The summed E-state index contributed by atoms with van der Waals surface area (Å²) in [6, 6.07) is -1.90. The minimum atomic E-state index is -1.46. The Labute approximate surface area is 612 Å². The molecule has 0 aliphatic carbocycles. The van der Waals surface area contributed by atoms with Crippen LogP contribution in [0.1, 0.15) is 90.8 Å². The van der Waals surface area contributed by atoms with Gasteiger partial charge in [-0.15, -0.1) is 0 Å². The molecule has 0 spiro atoms. The number of carboxylic acids is 3. The van der Waals surface area contributed by atoms with Gasteiger partial charge < -0.3 is 112 Å². The molecule has 1 aromatic heterocycles. The number of aromatic amines is 1. The van der Waals surface area contributed by atoms with Crippen LogP contribution in [0.15, 0.2) is 52.8 Å². The Morgan fingerprint density at radius 1 is 0.520 bits per heavy atom. The monoisotopic (exact) mass is 1550 g/mol. The maximum Gasteiger partial charge on any atom is 3.00 e. The second-order valence-electron chi connectivity index (χ2n) is 24.7. The van der Waals surface area contributed by atoms with E-state index in [1.54, 1.807) is 62.9 Å². The number of aromatic nitrogens is 2. The zero-order chi connectivity index (χ0) is 73.7. The normalized spacial score (nSPS) is 16.1. The van der Waals surface area contributed by atoms with Gasteiger partial charge in [-0.2, -0.15) is 0 Å². The largest absolute Gasteiger partial charge is 3.00 e. The molecule has 9 amide bonds. The number of aliphatic imine (C=N–C) groups is 2. The van der Waals surface area contributed by atoms with Gasteiger partial charge in [0.05, 0.1) is 30.8 Å². The molecule has 0 radical (unpaired) electrons. The van der Waals surface area contributed by atoms with Crippen LogP contribution in [0, 0.1) is 50.4 Å². The predicted octanol–water partition coefficient (Wildman–Crippen LogP) is -10.4. The number of guanidine groups is 2. The van der Waals surface area contributed by atoms with Gasteiger partial charge in [-0.1, -0.05) is 64.4 Å². The van der Waals surface area contributed by atoms with Crippen LogP contribution < -0.4 is 92.3 Å². The average Bonchev–Trinajstić information content (AvgIpc) is 0.875. The van der Waals surface area contributed by atoms with Crippen LogP contribution in [-0.2, 0) is 70.4 Å². The van der Waals surface area contributed by atoms with E-state index in [9.17, 15) is 72.9 Å². The summed E-state index contributed by atoms with van der Waals surface area (Å²) in [5, 5.41) is 56.3. The van der Waals surface area contributed by atoms with Crippen molar-refractivity contribution >= 4 is 83.0 Å². The van der Waals surface area contributed by atoms with Gasteiger partial charge in [0, 0.05) is 110 Å².